The Morgan fingerprint density at radius 3 is 2.18 bits per heavy atom. The fourth-order valence-electron chi connectivity index (χ4n) is 6.03. The summed E-state index contributed by atoms with van der Waals surface area (Å²) in [6.45, 7) is 5.63. The van der Waals surface area contributed by atoms with Crippen molar-refractivity contribution in [2.75, 3.05) is 13.2 Å². The van der Waals surface area contributed by atoms with E-state index in [1.807, 2.05) is 12.2 Å². The lowest BCUT2D eigenvalue weighted by atomic mass is 9.90. The molecule has 1 aliphatic rings. The number of ether oxygens (including phenoxy) is 2. The summed E-state index contributed by atoms with van der Waals surface area (Å²) in [4.78, 5) is 55.3. The number of rotatable bonds is 30. The summed E-state index contributed by atoms with van der Waals surface area (Å²) in [6.07, 6.45) is 21.4. The summed E-state index contributed by atoms with van der Waals surface area (Å²) in [5.74, 6) is -1.02. The lowest BCUT2D eigenvalue weighted by molar-refractivity contribution is -0.161. The van der Waals surface area contributed by atoms with Crippen molar-refractivity contribution in [2.45, 2.75) is 167 Å². The lowest BCUT2D eigenvalue weighted by Gasteiger charge is -2.18. The average Bonchev–Trinajstić information content (AvgIpc) is 3.34. The standard InChI is InChI=1S/C38H67O11P/c1-4-6-15-21-31(39)25-26-34-33(35(40)27-36(34)41)22-17-13-14-18-23-37(42)47-28-32(29-48-50(44,45)46)49-38(43)24-19-12-10-8-7-9-11-16-20-30(3)5-2/h13,17,25-26,30-35,39-40H,4-12,14-16,18-24,27-29H2,1-3H3,(H2,44,45,46)/b17-13-,26-25+/t30?,31-,32+,33+,34+,35-/m0/s1. The van der Waals surface area contributed by atoms with Crippen molar-refractivity contribution in [3.63, 3.8) is 0 Å². The molecule has 0 amide bonds. The zero-order chi connectivity index (χ0) is 37.2. The number of hydrogen-bond donors (Lipinski definition) is 4. The van der Waals surface area contributed by atoms with Gasteiger partial charge in [-0.3, -0.25) is 18.9 Å². The number of carbonyl (C=O) groups is 3. The third kappa shape index (κ3) is 23.6. The van der Waals surface area contributed by atoms with Crippen LogP contribution in [0.3, 0.4) is 0 Å². The second kappa shape index (κ2) is 27.7. The Labute approximate surface area is 300 Å². The Morgan fingerprint density at radius 1 is 0.880 bits per heavy atom. The Bertz CT molecular complexity index is 1040. The quantitative estimate of drug-likeness (QED) is 0.0247. The molecule has 1 saturated carbocycles. The summed E-state index contributed by atoms with van der Waals surface area (Å²) < 4.78 is 26.3. The van der Waals surface area contributed by atoms with Crippen molar-refractivity contribution < 1.29 is 52.9 Å². The highest BCUT2D eigenvalue weighted by Crippen LogP contribution is 2.36. The van der Waals surface area contributed by atoms with Gasteiger partial charge < -0.3 is 29.5 Å². The number of esters is 2. The Morgan fingerprint density at radius 2 is 1.52 bits per heavy atom. The largest absolute Gasteiger partial charge is 0.469 e. The highest BCUT2D eigenvalue weighted by molar-refractivity contribution is 7.46. The molecule has 1 rings (SSSR count). The van der Waals surface area contributed by atoms with Crippen LogP contribution in [0, 0.1) is 17.8 Å². The normalized spacial score (nSPS) is 20.1. The first-order valence-corrected chi connectivity index (χ1v) is 20.7. The first-order valence-electron chi connectivity index (χ1n) is 19.1. The average molecular weight is 731 g/mol. The maximum Gasteiger partial charge on any atom is 0.469 e. The van der Waals surface area contributed by atoms with Crippen molar-refractivity contribution in [3.8, 4) is 0 Å². The summed E-state index contributed by atoms with van der Waals surface area (Å²) in [5, 5.41) is 20.6. The van der Waals surface area contributed by atoms with E-state index in [1.165, 1.54) is 38.5 Å². The first kappa shape index (κ1) is 46.1. The molecule has 6 atom stereocenters. The molecular weight excluding hydrogens is 663 g/mol. The van der Waals surface area contributed by atoms with E-state index in [1.54, 1.807) is 12.2 Å². The van der Waals surface area contributed by atoms with Gasteiger partial charge in [-0.05, 0) is 38.0 Å². The van der Waals surface area contributed by atoms with Crippen molar-refractivity contribution in [3.05, 3.63) is 24.3 Å². The van der Waals surface area contributed by atoms with E-state index in [2.05, 4.69) is 25.3 Å². The van der Waals surface area contributed by atoms with Crippen molar-refractivity contribution >= 4 is 25.5 Å². The zero-order valence-electron chi connectivity index (χ0n) is 30.9. The molecule has 50 heavy (non-hydrogen) atoms. The van der Waals surface area contributed by atoms with Gasteiger partial charge in [-0.25, -0.2) is 4.57 Å². The van der Waals surface area contributed by atoms with Gasteiger partial charge in [0.2, 0.25) is 0 Å². The molecule has 4 N–H and O–H groups in total. The van der Waals surface area contributed by atoms with E-state index in [0.29, 0.717) is 32.1 Å². The predicted molar refractivity (Wildman–Crippen MR) is 194 cm³/mol. The lowest BCUT2D eigenvalue weighted by Crippen LogP contribution is -2.29. The van der Waals surface area contributed by atoms with Crippen LogP contribution in [0.5, 0.6) is 0 Å². The van der Waals surface area contributed by atoms with Crippen molar-refractivity contribution in [2.24, 2.45) is 17.8 Å². The summed E-state index contributed by atoms with van der Waals surface area (Å²) in [7, 11) is -4.81. The number of allylic oxidation sites excluding steroid dienone is 3. The smallest absolute Gasteiger partial charge is 0.462 e. The third-order valence-corrected chi connectivity index (χ3v) is 9.88. The number of aliphatic hydroxyl groups excluding tert-OH is 2. The second-order valence-corrected chi connectivity index (χ2v) is 15.2. The van der Waals surface area contributed by atoms with E-state index in [9.17, 15) is 29.2 Å². The van der Waals surface area contributed by atoms with E-state index >= 15 is 0 Å². The number of ketones is 1. The van der Waals surface area contributed by atoms with Crippen LogP contribution >= 0.6 is 7.82 Å². The number of aliphatic hydroxyl groups is 2. The molecule has 290 valence electrons. The molecule has 0 spiro atoms. The fraction of sp³-hybridized carbons (Fsp3) is 0.816. The van der Waals surface area contributed by atoms with E-state index in [0.717, 1.165) is 44.4 Å². The maximum absolute atomic E-state index is 12.4. The minimum absolute atomic E-state index is 0.0327. The third-order valence-electron chi connectivity index (χ3n) is 9.39. The van der Waals surface area contributed by atoms with Crippen LogP contribution in [0.4, 0.5) is 0 Å². The van der Waals surface area contributed by atoms with Crippen LogP contribution in [0.25, 0.3) is 0 Å². The highest BCUT2D eigenvalue weighted by atomic mass is 31.2. The van der Waals surface area contributed by atoms with Crippen LogP contribution in [0.15, 0.2) is 24.3 Å². The molecular formula is C38H67O11P. The number of phosphoric acid groups is 1. The molecule has 0 aromatic carbocycles. The predicted octanol–water partition coefficient (Wildman–Crippen LogP) is 7.68. The van der Waals surface area contributed by atoms with Crippen LogP contribution in [0.1, 0.15) is 149 Å². The monoisotopic (exact) mass is 730 g/mol. The van der Waals surface area contributed by atoms with Crippen LogP contribution in [0.2, 0.25) is 0 Å². The zero-order valence-corrected chi connectivity index (χ0v) is 31.8. The van der Waals surface area contributed by atoms with Gasteiger partial charge >= 0.3 is 19.8 Å². The molecule has 0 saturated heterocycles. The number of phosphoric ester groups is 1. The van der Waals surface area contributed by atoms with Gasteiger partial charge in [-0.15, -0.1) is 0 Å². The SMILES string of the molecule is CCCCC[C@H](O)/C=C/[C@H]1C(=O)C[C@H](O)[C@@H]1C/C=C\CCCC(=O)OC[C@H](COP(=O)(O)O)OC(=O)CCCCCCCCCCC(C)CC. The minimum atomic E-state index is -4.81. The van der Waals surface area contributed by atoms with Gasteiger partial charge in [-0.1, -0.05) is 122 Å². The number of unbranched alkanes of at least 4 members (excludes halogenated alkanes) is 10. The van der Waals surface area contributed by atoms with E-state index < -0.39 is 50.6 Å². The molecule has 1 aliphatic carbocycles. The molecule has 0 aromatic heterocycles. The van der Waals surface area contributed by atoms with Gasteiger partial charge in [0.05, 0.1) is 18.8 Å². The molecule has 0 bridgehead atoms. The van der Waals surface area contributed by atoms with Crippen LogP contribution < -0.4 is 0 Å². The molecule has 0 radical (unpaired) electrons. The summed E-state index contributed by atoms with van der Waals surface area (Å²) in [6, 6.07) is 0. The van der Waals surface area contributed by atoms with Gasteiger partial charge in [0, 0.05) is 31.1 Å². The van der Waals surface area contributed by atoms with Crippen LogP contribution in [-0.2, 0) is 32.9 Å². The number of hydrogen-bond acceptors (Lipinski definition) is 9. The Balaban J connectivity index is 2.36. The Hall–Kier alpha value is -1.88. The fourth-order valence-corrected chi connectivity index (χ4v) is 6.40. The minimum Gasteiger partial charge on any atom is -0.462 e. The van der Waals surface area contributed by atoms with E-state index in [-0.39, 0.29) is 37.6 Å². The molecule has 12 heteroatoms. The van der Waals surface area contributed by atoms with Crippen molar-refractivity contribution in [1.82, 2.24) is 0 Å². The number of Topliss-reactive ketones (excluding diaryl/α,β-unsaturated/α-hetero) is 1. The molecule has 1 fully saturated rings. The molecule has 0 heterocycles. The molecule has 1 unspecified atom stereocenters. The van der Waals surface area contributed by atoms with E-state index in [4.69, 9.17) is 19.3 Å². The highest BCUT2D eigenvalue weighted by Gasteiger charge is 2.39. The maximum atomic E-state index is 12.4. The topological polar surface area (TPSA) is 177 Å². The van der Waals surface area contributed by atoms with Gasteiger partial charge in [0.25, 0.3) is 0 Å². The van der Waals surface area contributed by atoms with Gasteiger partial charge in [0.1, 0.15) is 12.4 Å². The molecule has 11 nitrogen and oxygen atoms in total. The van der Waals surface area contributed by atoms with Gasteiger partial charge in [-0.2, -0.15) is 0 Å². The van der Waals surface area contributed by atoms with Gasteiger partial charge in [0.15, 0.2) is 6.10 Å². The number of carbonyl (C=O) groups excluding carboxylic acids is 3. The van der Waals surface area contributed by atoms with Crippen molar-refractivity contribution in [1.29, 1.82) is 0 Å². The first-order chi connectivity index (χ1) is 23.9. The molecule has 0 aromatic rings. The molecule has 0 aliphatic heterocycles. The Kier molecular flexibility index (Phi) is 25.6. The second-order valence-electron chi connectivity index (χ2n) is 13.9. The van der Waals surface area contributed by atoms with Crippen LogP contribution in [-0.4, -0.2) is 69.2 Å². The summed E-state index contributed by atoms with van der Waals surface area (Å²) >= 11 is 0. The summed E-state index contributed by atoms with van der Waals surface area (Å²) in [5.41, 5.74) is 0.